The average molecular weight is 321 g/mol. The minimum atomic E-state index is -0.439. The van der Waals surface area contributed by atoms with Gasteiger partial charge < -0.3 is 4.74 Å². The third-order valence-corrected chi connectivity index (χ3v) is 3.54. The summed E-state index contributed by atoms with van der Waals surface area (Å²) < 4.78 is 19.4. The van der Waals surface area contributed by atoms with Crippen molar-refractivity contribution in [1.82, 2.24) is 0 Å². The molecule has 0 bridgehead atoms. The maximum absolute atomic E-state index is 13.4. The summed E-state index contributed by atoms with van der Waals surface area (Å²) in [6.45, 7) is 0.590. The molecular formula is C15H10BrFO2. The minimum Gasteiger partial charge on any atom is -0.492 e. The molecule has 1 aliphatic heterocycles. The van der Waals surface area contributed by atoms with E-state index in [1.807, 2.05) is 12.1 Å². The zero-order chi connectivity index (χ0) is 13.4. The molecule has 0 N–H and O–H groups in total. The van der Waals surface area contributed by atoms with Crippen molar-refractivity contribution in [2.24, 2.45) is 0 Å². The van der Waals surface area contributed by atoms with Crippen molar-refractivity contribution in [2.75, 3.05) is 6.61 Å². The van der Waals surface area contributed by atoms with Crippen LogP contribution in [0.2, 0.25) is 0 Å². The Labute approximate surface area is 118 Å². The van der Waals surface area contributed by atoms with Crippen molar-refractivity contribution in [2.45, 2.75) is 6.42 Å². The summed E-state index contributed by atoms with van der Waals surface area (Å²) in [7, 11) is 0. The van der Waals surface area contributed by atoms with Crippen molar-refractivity contribution >= 4 is 21.7 Å². The topological polar surface area (TPSA) is 26.3 Å². The van der Waals surface area contributed by atoms with Gasteiger partial charge in [-0.1, -0.05) is 28.1 Å². The fourth-order valence-electron chi connectivity index (χ4n) is 2.23. The fraction of sp³-hybridized carbons (Fsp3) is 0.133. The van der Waals surface area contributed by atoms with Crippen LogP contribution in [0.4, 0.5) is 4.39 Å². The second-order valence-electron chi connectivity index (χ2n) is 4.38. The first-order valence-corrected chi connectivity index (χ1v) is 6.70. The van der Waals surface area contributed by atoms with Crippen LogP contribution in [0.25, 0.3) is 0 Å². The predicted octanol–water partition coefficient (Wildman–Crippen LogP) is 3.75. The highest BCUT2D eigenvalue weighted by Gasteiger charge is 2.21. The maximum Gasteiger partial charge on any atom is 0.196 e. The highest BCUT2D eigenvalue weighted by molar-refractivity contribution is 9.10. The van der Waals surface area contributed by atoms with Gasteiger partial charge >= 0.3 is 0 Å². The zero-order valence-corrected chi connectivity index (χ0v) is 11.5. The van der Waals surface area contributed by atoms with Crippen molar-refractivity contribution in [3.8, 4) is 5.75 Å². The molecule has 2 nitrogen and oxygen atoms in total. The third-order valence-electron chi connectivity index (χ3n) is 3.08. The molecule has 4 heteroatoms. The standard InChI is InChI=1S/C15H10BrFO2/c16-11-6-10(7-12(17)8-11)14(18)13-3-1-2-9-4-5-19-15(9)13/h1-3,6-8H,4-5H2. The van der Waals surface area contributed by atoms with E-state index in [-0.39, 0.29) is 5.78 Å². The smallest absolute Gasteiger partial charge is 0.196 e. The SMILES string of the molecule is O=C(c1cc(F)cc(Br)c1)c1cccc2c1OCC2. The summed E-state index contributed by atoms with van der Waals surface area (Å²) in [4.78, 5) is 12.4. The number of ether oxygens (including phenoxy) is 1. The summed E-state index contributed by atoms with van der Waals surface area (Å²) in [5, 5.41) is 0. The quantitative estimate of drug-likeness (QED) is 0.788. The molecule has 0 spiro atoms. The van der Waals surface area contributed by atoms with Crippen LogP contribution in [-0.4, -0.2) is 12.4 Å². The Morgan fingerprint density at radius 3 is 2.89 bits per heavy atom. The second-order valence-corrected chi connectivity index (χ2v) is 5.30. The maximum atomic E-state index is 13.4. The molecule has 0 aliphatic carbocycles. The van der Waals surface area contributed by atoms with Crippen LogP contribution >= 0.6 is 15.9 Å². The summed E-state index contributed by atoms with van der Waals surface area (Å²) in [5.74, 6) is -0.0296. The zero-order valence-electron chi connectivity index (χ0n) is 9.95. The van der Waals surface area contributed by atoms with Crippen LogP contribution in [-0.2, 0) is 6.42 Å². The van der Waals surface area contributed by atoms with E-state index in [9.17, 15) is 9.18 Å². The summed E-state index contributed by atoms with van der Waals surface area (Å²) in [6, 6.07) is 9.66. The molecule has 19 heavy (non-hydrogen) atoms. The Morgan fingerprint density at radius 1 is 1.26 bits per heavy atom. The number of benzene rings is 2. The van der Waals surface area contributed by atoms with Gasteiger partial charge in [-0.2, -0.15) is 0 Å². The van der Waals surface area contributed by atoms with Gasteiger partial charge in [0.2, 0.25) is 0 Å². The third kappa shape index (κ3) is 2.28. The molecule has 1 heterocycles. The number of halogens is 2. The van der Waals surface area contributed by atoms with E-state index >= 15 is 0 Å². The second kappa shape index (κ2) is 4.78. The van der Waals surface area contributed by atoms with E-state index in [0.29, 0.717) is 28.0 Å². The van der Waals surface area contributed by atoms with E-state index in [1.165, 1.54) is 12.1 Å². The molecule has 0 fully saturated rings. The molecule has 0 atom stereocenters. The molecular weight excluding hydrogens is 311 g/mol. The lowest BCUT2D eigenvalue weighted by atomic mass is 10.00. The highest BCUT2D eigenvalue weighted by Crippen LogP contribution is 2.31. The van der Waals surface area contributed by atoms with Gasteiger partial charge in [-0.05, 0) is 29.8 Å². The molecule has 0 saturated heterocycles. The lowest BCUT2D eigenvalue weighted by Crippen LogP contribution is -2.04. The summed E-state index contributed by atoms with van der Waals surface area (Å²) in [5.41, 5.74) is 1.84. The van der Waals surface area contributed by atoms with Gasteiger partial charge in [0.15, 0.2) is 5.78 Å². The summed E-state index contributed by atoms with van der Waals surface area (Å²) in [6.07, 6.45) is 0.809. The molecule has 0 radical (unpaired) electrons. The number of carbonyl (C=O) groups is 1. The van der Waals surface area contributed by atoms with Crippen molar-refractivity contribution in [3.05, 3.63) is 63.4 Å². The number of hydrogen-bond donors (Lipinski definition) is 0. The molecule has 2 aromatic carbocycles. The largest absolute Gasteiger partial charge is 0.492 e. The number of fused-ring (bicyclic) bond motifs is 1. The first kappa shape index (κ1) is 12.4. The van der Waals surface area contributed by atoms with Gasteiger partial charge in [-0.15, -0.1) is 0 Å². The van der Waals surface area contributed by atoms with Crippen molar-refractivity contribution in [3.63, 3.8) is 0 Å². The Balaban J connectivity index is 2.07. The number of ketones is 1. The first-order valence-electron chi connectivity index (χ1n) is 5.90. The molecule has 2 aromatic rings. The van der Waals surface area contributed by atoms with Crippen LogP contribution < -0.4 is 4.74 Å². The molecule has 0 amide bonds. The van der Waals surface area contributed by atoms with E-state index < -0.39 is 5.82 Å². The first-order chi connectivity index (χ1) is 9.15. The van der Waals surface area contributed by atoms with Crippen LogP contribution in [0.1, 0.15) is 21.5 Å². The number of hydrogen-bond acceptors (Lipinski definition) is 2. The Hall–Kier alpha value is -1.68. The van der Waals surface area contributed by atoms with Gasteiger partial charge in [0.25, 0.3) is 0 Å². The number of rotatable bonds is 2. The minimum absolute atomic E-state index is 0.223. The Bertz CT molecular complexity index is 647. The Morgan fingerprint density at radius 2 is 2.11 bits per heavy atom. The fourth-order valence-corrected chi connectivity index (χ4v) is 2.70. The van der Waals surface area contributed by atoms with Gasteiger partial charge in [0.05, 0.1) is 12.2 Å². The van der Waals surface area contributed by atoms with Crippen LogP contribution in [0.5, 0.6) is 5.75 Å². The molecule has 0 aromatic heterocycles. The van der Waals surface area contributed by atoms with Crippen molar-refractivity contribution in [1.29, 1.82) is 0 Å². The molecule has 0 unspecified atom stereocenters. The van der Waals surface area contributed by atoms with Crippen LogP contribution in [0.15, 0.2) is 40.9 Å². The lowest BCUT2D eigenvalue weighted by molar-refractivity contribution is 0.103. The normalized spacial score (nSPS) is 12.9. The Kier molecular flexibility index (Phi) is 3.11. The molecule has 1 aliphatic rings. The van der Waals surface area contributed by atoms with Gasteiger partial charge in [-0.3, -0.25) is 4.79 Å². The van der Waals surface area contributed by atoms with Gasteiger partial charge in [0.1, 0.15) is 11.6 Å². The van der Waals surface area contributed by atoms with Crippen LogP contribution in [0.3, 0.4) is 0 Å². The van der Waals surface area contributed by atoms with E-state index in [2.05, 4.69) is 15.9 Å². The number of para-hydroxylation sites is 1. The van der Waals surface area contributed by atoms with Gasteiger partial charge in [0, 0.05) is 16.5 Å². The average Bonchev–Trinajstić information content (AvgIpc) is 2.84. The monoisotopic (exact) mass is 320 g/mol. The van der Waals surface area contributed by atoms with E-state index in [0.717, 1.165) is 12.0 Å². The molecule has 96 valence electrons. The number of carbonyl (C=O) groups excluding carboxylic acids is 1. The molecule has 0 saturated carbocycles. The van der Waals surface area contributed by atoms with E-state index in [1.54, 1.807) is 12.1 Å². The van der Waals surface area contributed by atoms with Gasteiger partial charge in [-0.25, -0.2) is 4.39 Å². The predicted molar refractivity (Wildman–Crippen MR) is 73.2 cm³/mol. The molecule has 3 rings (SSSR count). The van der Waals surface area contributed by atoms with Crippen LogP contribution in [0, 0.1) is 5.82 Å². The summed E-state index contributed by atoms with van der Waals surface area (Å²) >= 11 is 3.19. The van der Waals surface area contributed by atoms with E-state index in [4.69, 9.17) is 4.74 Å². The highest BCUT2D eigenvalue weighted by atomic mass is 79.9. The van der Waals surface area contributed by atoms with Crippen molar-refractivity contribution < 1.29 is 13.9 Å². The lowest BCUT2D eigenvalue weighted by Gasteiger charge is -2.07.